The van der Waals surface area contributed by atoms with Gasteiger partial charge in [0.15, 0.2) is 5.72 Å². The molecular formula is C32H43ClN2O9. The normalized spacial score (nSPS) is 34.7. The van der Waals surface area contributed by atoms with Gasteiger partial charge in [-0.2, -0.15) is 0 Å². The molecule has 1 unspecified atom stereocenters. The Balaban J connectivity index is 1.80. The predicted molar refractivity (Wildman–Crippen MR) is 164 cm³/mol. The molecule has 242 valence electrons. The molecule has 3 aliphatic heterocycles. The summed E-state index contributed by atoms with van der Waals surface area (Å²) in [5, 5.41) is 14.4. The number of ether oxygens (including phenoxy) is 5. The molecule has 3 heterocycles. The van der Waals surface area contributed by atoms with Crippen molar-refractivity contribution in [2.75, 3.05) is 26.2 Å². The summed E-state index contributed by atoms with van der Waals surface area (Å²) >= 11 is 6.68. The maximum absolute atomic E-state index is 13.8. The third kappa shape index (κ3) is 6.91. The minimum atomic E-state index is -1.77. The van der Waals surface area contributed by atoms with E-state index in [1.807, 2.05) is 32.1 Å². The van der Waals surface area contributed by atoms with Crippen LogP contribution in [-0.4, -0.2) is 80.1 Å². The molecule has 44 heavy (non-hydrogen) atoms. The lowest BCUT2D eigenvalue weighted by atomic mass is 9.83. The molecule has 3 aliphatic rings. The van der Waals surface area contributed by atoms with E-state index in [0.29, 0.717) is 17.9 Å². The van der Waals surface area contributed by atoms with Crippen LogP contribution in [0.4, 0.5) is 10.5 Å². The molecular weight excluding hydrogens is 592 g/mol. The van der Waals surface area contributed by atoms with Crippen LogP contribution >= 0.6 is 11.6 Å². The first-order valence-corrected chi connectivity index (χ1v) is 15.1. The largest absolute Gasteiger partial charge is 0.495 e. The van der Waals surface area contributed by atoms with Crippen LogP contribution in [0.25, 0.3) is 0 Å². The fourth-order valence-electron chi connectivity index (χ4n) is 5.88. The summed E-state index contributed by atoms with van der Waals surface area (Å²) in [4.78, 5) is 40.7. The highest BCUT2D eigenvalue weighted by Crippen LogP contribution is 2.49. The van der Waals surface area contributed by atoms with Gasteiger partial charge in [0.1, 0.15) is 34.7 Å². The molecule has 2 amide bonds. The van der Waals surface area contributed by atoms with Crippen molar-refractivity contribution < 1.29 is 43.2 Å². The van der Waals surface area contributed by atoms with Crippen LogP contribution in [0, 0.1) is 11.8 Å². The molecule has 0 saturated carbocycles. The van der Waals surface area contributed by atoms with Gasteiger partial charge in [0.25, 0.3) is 0 Å². The van der Waals surface area contributed by atoms with E-state index in [1.165, 1.54) is 19.1 Å². The number of alkyl carbamates (subject to hydrolysis) is 1. The van der Waals surface area contributed by atoms with Crippen LogP contribution in [0.2, 0.25) is 5.02 Å². The molecule has 0 spiro atoms. The first-order chi connectivity index (χ1) is 20.6. The molecule has 7 atom stereocenters. The quantitative estimate of drug-likeness (QED) is 0.366. The number of esters is 1. The van der Waals surface area contributed by atoms with E-state index in [2.05, 4.69) is 5.32 Å². The zero-order chi connectivity index (χ0) is 32.6. The van der Waals surface area contributed by atoms with Gasteiger partial charge in [-0.15, -0.1) is 0 Å². The number of halogens is 1. The zero-order valence-corrected chi connectivity index (χ0v) is 27.3. The molecule has 0 aromatic heterocycles. The topological polar surface area (TPSA) is 136 Å². The number of rotatable bonds is 4. The van der Waals surface area contributed by atoms with E-state index in [4.69, 9.17) is 35.3 Å². The highest BCUT2D eigenvalue weighted by atomic mass is 35.5. The Bertz CT molecular complexity index is 1350. The molecule has 2 saturated heterocycles. The Morgan fingerprint density at radius 1 is 1.25 bits per heavy atom. The monoisotopic (exact) mass is 634 g/mol. The van der Waals surface area contributed by atoms with Crippen LogP contribution in [0.15, 0.2) is 35.9 Å². The summed E-state index contributed by atoms with van der Waals surface area (Å²) in [6.07, 6.45) is 1.65. The number of amides is 2. The average Bonchev–Trinajstić information content (AvgIpc) is 3.66. The van der Waals surface area contributed by atoms with E-state index in [9.17, 15) is 19.5 Å². The van der Waals surface area contributed by atoms with E-state index in [-0.39, 0.29) is 23.8 Å². The number of anilines is 1. The van der Waals surface area contributed by atoms with Gasteiger partial charge in [0, 0.05) is 26.5 Å². The van der Waals surface area contributed by atoms with Crippen LogP contribution in [0.1, 0.15) is 53.0 Å². The molecule has 4 bridgehead atoms. The number of hydrogen-bond donors (Lipinski definition) is 2. The highest BCUT2D eigenvalue weighted by molar-refractivity contribution is 6.35. The van der Waals surface area contributed by atoms with Gasteiger partial charge in [-0.3, -0.25) is 14.9 Å². The van der Waals surface area contributed by atoms with Crippen LogP contribution in [0.5, 0.6) is 5.75 Å². The third-order valence-corrected chi connectivity index (χ3v) is 9.06. The lowest BCUT2D eigenvalue weighted by Gasteiger charge is -2.42. The van der Waals surface area contributed by atoms with Crippen molar-refractivity contribution in [3.63, 3.8) is 0 Å². The standard InChI is InChI=1S/C32H43ClN2O9/c1-17(2)29(37)43-25-15-26(36)35(6)21-13-20(14-22(40-7)27(21)33)12-18(3)10-9-11-24(41-8)32(39)16-23(42-30(38)34-32)19(4)28-31(25,5)44-28/h9-11,13-14,17,19,23-25,28,39H,12,15-16H2,1-8H3,(H,34,38)/b11-9+,18-10+/t19-,23+,24-,25+,28+,31?,32+/m1/s1. The number of methoxy groups -OCH3 is 2. The lowest BCUT2D eigenvalue weighted by Crippen LogP contribution is -2.63. The molecule has 12 heteroatoms. The maximum atomic E-state index is 13.8. The SMILES string of the molecule is COc1cc2cc(c1Cl)N(C)C(=O)C[C@H](OC(=O)C(C)C)C1(C)O[C@H]1[C@H](C)[C@@H]1C[C@@](O)(NC(=O)O1)[C@H](OC)/C=C/C=C(\C)C2. The smallest absolute Gasteiger partial charge is 0.409 e. The molecule has 1 aromatic rings. The summed E-state index contributed by atoms with van der Waals surface area (Å²) in [5.41, 5.74) is -0.587. The third-order valence-electron chi connectivity index (χ3n) is 8.68. The van der Waals surface area contributed by atoms with Gasteiger partial charge in [0.2, 0.25) is 5.91 Å². The van der Waals surface area contributed by atoms with Gasteiger partial charge in [-0.1, -0.05) is 56.2 Å². The number of hydrogen-bond acceptors (Lipinski definition) is 9. The lowest BCUT2D eigenvalue weighted by molar-refractivity contribution is -0.157. The Morgan fingerprint density at radius 3 is 2.59 bits per heavy atom. The number of aliphatic hydroxyl groups is 1. The number of nitrogens with zero attached hydrogens (tertiary/aromatic N) is 1. The number of benzene rings is 1. The Labute approximate surface area is 263 Å². The van der Waals surface area contributed by atoms with Crippen molar-refractivity contribution in [3.8, 4) is 5.75 Å². The Morgan fingerprint density at radius 2 is 1.95 bits per heavy atom. The number of fused-ring (bicyclic) bond motifs is 5. The Kier molecular flexibility index (Phi) is 10.0. The molecule has 11 nitrogen and oxygen atoms in total. The van der Waals surface area contributed by atoms with Crippen molar-refractivity contribution in [3.05, 3.63) is 46.5 Å². The molecule has 2 fully saturated rings. The predicted octanol–water partition coefficient (Wildman–Crippen LogP) is 4.32. The minimum absolute atomic E-state index is 0.00361. The van der Waals surface area contributed by atoms with Gasteiger partial charge in [0.05, 0.1) is 31.2 Å². The average molecular weight is 635 g/mol. The van der Waals surface area contributed by atoms with Crippen LogP contribution in [0.3, 0.4) is 0 Å². The number of carbonyl (C=O) groups excluding carboxylic acids is 3. The fourth-order valence-corrected chi connectivity index (χ4v) is 6.19. The number of carbonyl (C=O) groups is 3. The Hall–Kier alpha value is -3.12. The summed E-state index contributed by atoms with van der Waals surface area (Å²) in [7, 11) is 4.56. The second-order valence-electron chi connectivity index (χ2n) is 12.4. The van der Waals surface area contributed by atoms with E-state index in [0.717, 1.165) is 11.1 Å². The first-order valence-electron chi connectivity index (χ1n) is 14.7. The van der Waals surface area contributed by atoms with Crippen molar-refractivity contribution in [1.29, 1.82) is 0 Å². The second kappa shape index (κ2) is 13.1. The number of allylic oxidation sites excluding steroid dienone is 3. The zero-order valence-electron chi connectivity index (χ0n) is 26.5. The second-order valence-corrected chi connectivity index (χ2v) is 12.8. The molecule has 0 radical (unpaired) electrons. The molecule has 2 N–H and O–H groups in total. The van der Waals surface area contributed by atoms with Gasteiger partial charge in [-0.05, 0) is 38.0 Å². The van der Waals surface area contributed by atoms with Gasteiger partial charge >= 0.3 is 12.1 Å². The van der Waals surface area contributed by atoms with Crippen molar-refractivity contribution in [1.82, 2.24) is 5.32 Å². The summed E-state index contributed by atoms with van der Waals surface area (Å²) < 4.78 is 28.8. The number of epoxide rings is 1. The van der Waals surface area contributed by atoms with Crippen molar-refractivity contribution in [2.45, 2.75) is 89.6 Å². The van der Waals surface area contributed by atoms with Crippen molar-refractivity contribution in [2.24, 2.45) is 11.8 Å². The summed E-state index contributed by atoms with van der Waals surface area (Å²) in [6.45, 7) is 8.95. The first kappa shape index (κ1) is 33.8. The molecule has 1 aromatic carbocycles. The molecule has 4 rings (SSSR count). The van der Waals surface area contributed by atoms with E-state index < -0.39 is 59.6 Å². The number of nitrogens with one attached hydrogen (secondary N) is 1. The van der Waals surface area contributed by atoms with E-state index >= 15 is 0 Å². The fraction of sp³-hybridized carbons (Fsp3) is 0.594. The van der Waals surface area contributed by atoms with Gasteiger partial charge in [-0.25, -0.2) is 4.79 Å². The molecule has 0 aliphatic carbocycles. The highest BCUT2D eigenvalue weighted by Gasteiger charge is 2.64. The van der Waals surface area contributed by atoms with Crippen LogP contribution in [-0.2, 0) is 35.0 Å². The maximum Gasteiger partial charge on any atom is 0.409 e. The van der Waals surface area contributed by atoms with Crippen LogP contribution < -0.4 is 15.0 Å². The summed E-state index contributed by atoms with van der Waals surface area (Å²) in [6, 6.07) is 3.63. The minimum Gasteiger partial charge on any atom is -0.495 e. The summed E-state index contributed by atoms with van der Waals surface area (Å²) in [5.74, 6) is -1.30. The van der Waals surface area contributed by atoms with Gasteiger partial charge < -0.3 is 33.7 Å². The van der Waals surface area contributed by atoms with Crippen molar-refractivity contribution >= 4 is 35.3 Å². The van der Waals surface area contributed by atoms with E-state index in [1.54, 1.807) is 40.0 Å².